The molecule has 4 heterocycles. The summed E-state index contributed by atoms with van der Waals surface area (Å²) in [5, 5.41) is 15.1. The molecule has 0 fully saturated rings. The molecule has 0 aliphatic heterocycles. The van der Waals surface area contributed by atoms with E-state index in [1.807, 2.05) is 45.3 Å². The molecule has 0 saturated carbocycles. The molecule has 0 aliphatic rings. The Hall–Kier alpha value is -14.6. The third-order valence-electron chi connectivity index (χ3n) is 24.7. The maximum Gasteiger partial charge on any atom is 0.0540 e. The van der Waals surface area contributed by atoms with E-state index in [1.54, 1.807) is 0 Å². The Morgan fingerprint density at radius 3 is 1.06 bits per heavy atom. The first-order chi connectivity index (χ1) is 60.5. The molecule has 0 saturated heterocycles. The van der Waals surface area contributed by atoms with Crippen LogP contribution in [0.3, 0.4) is 0 Å². The van der Waals surface area contributed by atoms with Gasteiger partial charge in [-0.05, 0) is 220 Å². The van der Waals surface area contributed by atoms with Crippen LogP contribution >= 0.6 is 45.3 Å². The van der Waals surface area contributed by atoms with Crippen molar-refractivity contribution < 1.29 is 0 Å². The second-order valence-corrected chi connectivity index (χ2v) is 35.9. The largest absolute Gasteiger partial charge is 0.310 e. The van der Waals surface area contributed by atoms with Gasteiger partial charge in [-0.25, -0.2) is 0 Å². The van der Waals surface area contributed by atoms with E-state index < -0.39 is 0 Å². The van der Waals surface area contributed by atoms with E-state index in [0.29, 0.717) is 0 Å². The van der Waals surface area contributed by atoms with Gasteiger partial charge in [-0.3, -0.25) is 0 Å². The Bertz CT molecular complexity index is 8290. The van der Waals surface area contributed by atoms with Gasteiger partial charge in [0.2, 0.25) is 0 Å². The Morgan fingerprint density at radius 2 is 0.484 bits per heavy atom. The highest BCUT2D eigenvalue weighted by Crippen LogP contribution is 2.52. The summed E-state index contributed by atoms with van der Waals surface area (Å²) in [6.45, 7) is 0. The maximum atomic E-state index is 2.50. The second-order valence-electron chi connectivity index (χ2n) is 31.7. The number of benzene rings is 20. The van der Waals surface area contributed by atoms with Gasteiger partial charge in [0.1, 0.15) is 0 Å². The van der Waals surface area contributed by atoms with Gasteiger partial charge < -0.3 is 9.80 Å². The lowest BCUT2D eigenvalue weighted by Gasteiger charge is -2.29. The van der Waals surface area contributed by atoms with Crippen molar-refractivity contribution in [1.82, 2.24) is 0 Å². The van der Waals surface area contributed by atoms with Crippen molar-refractivity contribution in [2.24, 2.45) is 0 Å². The number of hydrogen-bond donors (Lipinski definition) is 0. The molecule has 122 heavy (non-hydrogen) atoms. The number of thiophene rings is 4. The zero-order chi connectivity index (χ0) is 80.3. The highest BCUT2D eigenvalue weighted by atomic mass is 32.1. The molecule has 0 spiro atoms. The van der Waals surface area contributed by atoms with Crippen LogP contribution in [-0.4, -0.2) is 0 Å². The highest BCUT2D eigenvalue weighted by molar-refractivity contribution is 7.27. The molecule has 2 nitrogen and oxygen atoms in total. The molecule has 24 rings (SSSR count). The van der Waals surface area contributed by atoms with E-state index in [9.17, 15) is 0 Å². The van der Waals surface area contributed by atoms with Gasteiger partial charge >= 0.3 is 0 Å². The molecule has 0 aliphatic carbocycles. The molecule has 0 bridgehead atoms. The molecule has 570 valence electrons. The quantitative estimate of drug-likeness (QED) is 0.101. The van der Waals surface area contributed by atoms with E-state index in [0.717, 1.165) is 78.6 Å². The molecular weight excluding hydrogens is 1550 g/mol. The summed E-state index contributed by atoms with van der Waals surface area (Å²) in [5.41, 5.74) is 27.7. The lowest BCUT2D eigenvalue weighted by atomic mass is 9.92. The topological polar surface area (TPSA) is 6.48 Å². The minimum Gasteiger partial charge on any atom is -0.310 e. The third-order valence-corrected chi connectivity index (χ3v) is 29.5. The predicted molar refractivity (Wildman–Crippen MR) is 531 cm³/mol. The van der Waals surface area contributed by atoms with Crippen molar-refractivity contribution in [2.45, 2.75) is 0 Å². The van der Waals surface area contributed by atoms with Crippen LogP contribution < -0.4 is 9.80 Å². The number of hydrogen-bond acceptors (Lipinski definition) is 6. The van der Waals surface area contributed by atoms with Crippen LogP contribution in [0.15, 0.2) is 437 Å². The molecule has 0 unspecified atom stereocenters. The fourth-order valence-electron chi connectivity index (χ4n) is 18.9. The Labute approximate surface area is 722 Å². The van der Waals surface area contributed by atoms with E-state index in [1.165, 1.54) is 158 Å². The smallest absolute Gasteiger partial charge is 0.0540 e. The molecule has 24 aromatic rings. The first-order valence-corrected chi connectivity index (χ1v) is 44.8. The molecule has 20 aromatic carbocycles. The monoisotopic (exact) mass is 1620 g/mol. The summed E-state index contributed by atoms with van der Waals surface area (Å²) in [6.07, 6.45) is 0. The zero-order valence-electron chi connectivity index (χ0n) is 66.1. The molecule has 0 radical (unpaired) electrons. The Balaban J connectivity index is 0.608. The lowest BCUT2D eigenvalue weighted by molar-refractivity contribution is 1.28. The summed E-state index contributed by atoms with van der Waals surface area (Å²) in [6, 6.07) is 163. The average molecular weight is 1620 g/mol. The highest BCUT2D eigenvalue weighted by Gasteiger charge is 2.25. The number of rotatable bonds is 15. The van der Waals surface area contributed by atoms with Crippen LogP contribution in [-0.2, 0) is 0 Å². The van der Waals surface area contributed by atoms with Gasteiger partial charge in [-0.15, -0.1) is 45.3 Å². The van der Waals surface area contributed by atoms with Crippen LogP contribution in [0.2, 0.25) is 0 Å². The van der Waals surface area contributed by atoms with Crippen molar-refractivity contribution in [1.29, 1.82) is 0 Å². The van der Waals surface area contributed by atoms with Gasteiger partial charge in [0.05, 0.1) is 11.4 Å². The van der Waals surface area contributed by atoms with Gasteiger partial charge in [0.25, 0.3) is 0 Å². The number of nitrogens with zero attached hydrogens (tertiary/aromatic N) is 2. The number of para-hydroxylation sites is 1. The van der Waals surface area contributed by atoms with Crippen molar-refractivity contribution in [2.75, 3.05) is 9.80 Å². The lowest BCUT2D eigenvalue weighted by Crippen LogP contribution is -2.11. The van der Waals surface area contributed by atoms with Crippen molar-refractivity contribution >= 4 is 182 Å². The molecular formula is C116H72N2S4. The zero-order valence-corrected chi connectivity index (χ0v) is 69.4. The summed E-state index contributed by atoms with van der Waals surface area (Å²) in [5.74, 6) is 0. The summed E-state index contributed by atoms with van der Waals surface area (Å²) in [4.78, 5) is 4.95. The van der Waals surface area contributed by atoms with E-state index in [4.69, 9.17) is 0 Å². The van der Waals surface area contributed by atoms with Crippen LogP contribution in [0.5, 0.6) is 0 Å². The third kappa shape index (κ3) is 12.3. The Kier molecular flexibility index (Phi) is 17.4. The minimum atomic E-state index is 1.06. The molecule has 0 atom stereocenters. The van der Waals surface area contributed by atoms with E-state index in [2.05, 4.69) is 447 Å². The van der Waals surface area contributed by atoms with Crippen molar-refractivity contribution in [3.8, 4) is 100 Å². The van der Waals surface area contributed by atoms with Crippen LogP contribution in [0.4, 0.5) is 34.1 Å². The number of fused-ring (bicyclic) bond motifs is 14. The van der Waals surface area contributed by atoms with Crippen molar-refractivity contribution in [3.05, 3.63) is 437 Å². The second kappa shape index (κ2) is 29.7. The Morgan fingerprint density at radius 1 is 0.148 bits per heavy atom. The first-order valence-electron chi connectivity index (χ1n) is 41.6. The fourth-order valence-corrected chi connectivity index (χ4v) is 23.8. The van der Waals surface area contributed by atoms with Gasteiger partial charge in [0, 0.05) is 115 Å². The average Bonchev–Trinajstić information content (AvgIpc) is 1.16. The molecule has 6 heteroatoms. The molecule has 0 N–H and O–H groups in total. The van der Waals surface area contributed by atoms with Gasteiger partial charge in [0.15, 0.2) is 0 Å². The first kappa shape index (κ1) is 71.5. The fraction of sp³-hybridized carbons (Fsp3) is 0. The number of anilines is 6. The van der Waals surface area contributed by atoms with E-state index >= 15 is 0 Å². The van der Waals surface area contributed by atoms with Crippen molar-refractivity contribution in [3.63, 3.8) is 0 Å². The normalized spacial score (nSPS) is 11.8. The summed E-state index contributed by atoms with van der Waals surface area (Å²) in [7, 11) is 0. The van der Waals surface area contributed by atoms with Crippen LogP contribution in [0.1, 0.15) is 0 Å². The predicted octanol–water partition coefficient (Wildman–Crippen LogP) is 35.4. The van der Waals surface area contributed by atoms with Crippen LogP contribution in [0.25, 0.3) is 202 Å². The molecule has 4 aromatic heterocycles. The summed E-state index contributed by atoms with van der Waals surface area (Å²) < 4.78 is 10.3. The standard InChI is InChI=1S/C116H72N2S4/c1-3-35-89-73(23-1)25-17-45-95(89)97-37-5-9-50-106(97)117(85-63-57-76(58-64-85)92-42-19-47-101-98-38-6-10-51-108(98)120-114(92)101)87-33-15-29-79(69-87)78-28-14-32-84(68-78)94-44-21-49-103-100-65-59-82(72-112(100)122-116(94)103)81-60-66-107(105(71-81)96-46-18-26-74-24-2-4-36-90(74)96)118(86-61-55-75(56-62-86)91-41-22-54-111-113(91)104-40-8-12-53-110(104)119-111)88-34-16-30-80(70-88)77-27-13-31-83(67-77)93-43-20-48-102-99-39-7-11-52-109(99)121-115(93)102/h1-72H. The maximum absolute atomic E-state index is 2.50. The summed E-state index contributed by atoms with van der Waals surface area (Å²) >= 11 is 7.51. The minimum absolute atomic E-state index is 1.06. The van der Waals surface area contributed by atoms with Gasteiger partial charge in [-0.2, -0.15) is 0 Å². The van der Waals surface area contributed by atoms with Gasteiger partial charge in [-0.1, -0.05) is 328 Å². The SMILES string of the molecule is c1cc(-c2cccc(N(c3ccc(-c4cccc5sc6ccccc6c45)cc3)c3ccc(-c4ccc5c(c4)sc4c(-c6cccc(-c7cccc(N(c8ccc(-c9cccc%10c9sc9ccccc9%10)cc8)c8ccccc8-c8cccc9ccccc89)c7)c6)cccc45)cc3-c3cccc4ccccc34)c2)cc(-c2cccc3c2sc2ccccc23)c1. The van der Waals surface area contributed by atoms with Crippen LogP contribution in [0, 0.1) is 0 Å². The van der Waals surface area contributed by atoms with E-state index in [-0.39, 0.29) is 0 Å². The molecule has 0 amide bonds.